The molecule has 0 saturated heterocycles. The topological polar surface area (TPSA) is 105 Å². The zero-order valence-electron chi connectivity index (χ0n) is 28.5. The minimum Gasteiger partial charge on any atom is -0.446 e. The normalized spacial score (nSPS) is 12.8. The first kappa shape index (κ1) is 39.2. The number of aromatic nitrogens is 3. The molecule has 1 aromatic rings. The van der Waals surface area contributed by atoms with Crippen LogP contribution in [0.5, 0.6) is 0 Å². The number of methoxy groups -OCH3 is 1. The van der Waals surface area contributed by atoms with Crippen LogP contribution < -0.4 is 5.73 Å². The van der Waals surface area contributed by atoms with Gasteiger partial charge >= 0.3 is 6.09 Å². The number of nitrogen functional groups attached to an aromatic ring is 1. The molecule has 2 N–H and O–H groups in total. The summed E-state index contributed by atoms with van der Waals surface area (Å²) in [6.07, 6.45) is 28.1. The summed E-state index contributed by atoms with van der Waals surface area (Å²) in [6.45, 7) is 6.98. The number of unbranched alkanes of at least 4 members (excludes halogenated alkanes) is 19. The zero-order chi connectivity index (χ0) is 31.4. The summed E-state index contributed by atoms with van der Waals surface area (Å²) in [7, 11) is 3.45. The van der Waals surface area contributed by atoms with Gasteiger partial charge in [0, 0.05) is 33.9 Å². The third-order valence-electron chi connectivity index (χ3n) is 8.36. The third-order valence-corrected chi connectivity index (χ3v) is 8.36. The predicted molar refractivity (Wildman–Crippen MR) is 177 cm³/mol. The summed E-state index contributed by atoms with van der Waals surface area (Å²) in [5.41, 5.74) is 5.08. The van der Waals surface area contributed by atoms with Crippen LogP contribution in [0.4, 0.5) is 10.7 Å². The van der Waals surface area contributed by atoms with Gasteiger partial charge in [0.1, 0.15) is 18.5 Å². The Bertz CT molecular complexity index is 778. The van der Waals surface area contributed by atoms with Gasteiger partial charge in [0.25, 0.3) is 0 Å². The van der Waals surface area contributed by atoms with Gasteiger partial charge in [-0.1, -0.05) is 122 Å². The zero-order valence-corrected chi connectivity index (χ0v) is 28.5. The molecule has 0 saturated carbocycles. The number of anilines is 1. The highest BCUT2D eigenvalue weighted by Crippen LogP contribution is 2.15. The quantitative estimate of drug-likeness (QED) is 0.0871. The fourth-order valence-electron chi connectivity index (χ4n) is 5.20. The first-order valence-corrected chi connectivity index (χ1v) is 17.6. The molecule has 0 aliphatic rings. The van der Waals surface area contributed by atoms with Crippen molar-refractivity contribution in [3.63, 3.8) is 0 Å². The molecule has 1 aromatic heterocycles. The number of nitrogens with zero attached hydrogens (tertiary/aromatic N) is 4. The summed E-state index contributed by atoms with van der Waals surface area (Å²) < 4.78 is 18.8. The number of hydrogen-bond acceptors (Lipinski definition) is 7. The van der Waals surface area contributed by atoms with Crippen LogP contribution in [0.2, 0.25) is 0 Å². The van der Waals surface area contributed by atoms with Crippen molar-refractivity contribution in [1.29, 1.82) is 0 Å². The third kappa shape index (κ3) is 21.5. The number of amides is 1. The van der Waals surface area contributed by atoms with Crippen molar-refractivity contribution in [2.75, 3.05) is 46.3 Å². The van der Waals surface area contributed by atoms with Crippen LogP contribution in [-0.2, 0) is 20.8 Å². The standard InChI is InChI=1S/C34H67N5O4/c1-5-6-7-8-9-10-11-12-13-14-15-16-17-18-20-23-26-38(3)33(40)43-30-34(2,41-4)29-42-28-25-22-19-21-24-27-39-32(35)36-31-37-39/h31H,5-30H2,1-4H3,(H2,35,36,37). The fourth-order valence-corrected chi connectivity index (χ4v) is 5.20. The van der Waals surface area contributed by atoms with E-state index in [0.29, 0.717) is 19.2 Å². The van der Waals surface area contributed by atoms with E-state index in [-0.39, 0.29) is 12.7 Å². The Morgan fingerprint density at radius 3 is 1.84 bits per heavy atom. The van der Waals surface area contributed by atoms with Crippen LogP contribution in [-0.4, -0.2) is 71.9 Å². The lowest BCUT2D eigenvalue weighted by atomic mass is 10.0. The van der Waals surface area contributed by atoms with Crippen LogP contribution in [0.3, 0.4) is 0 Å². The van der Waals surface area contributed by atoms with Crippen LogP contribution in [0.15, 0.2) is 6.33 Å². The Labute approximate surface area is 264 Å². The molecule has 252 valence electrons. The van der Waals surface area contributed by atoms with E-state index in [2.05, 4.69) is 17.0 Å². The summed E-state index contributed by atoms with van der Waals surface area (Å²) in [5, 5.41) is 4.10. The average molecular weight is 610 g/mol. The molecule has 43 heavy (non-hydrogen) atoms. The van der Waals surface area contributed by atoms with Gasteiger partial charge in [-0.3, -0.25) is 0 Å². The number of ether oxygens (including phenoxy) is 3. The molecule has 0 fully saturated rings. The van der Waals surface area contributed by atoms with Crippen LogP contribution in [0.25, 0.3) is 0 Å². The van der Waals surface area contributed by atoms with Gasteiger partial charge in [-0.05, 0) is 26.2 Å². The van der Waals surface area contributed by atoms with E-state index in [1.54, 1.807) is 16.7 Å². The van der Waals surface area contributed by atoms with Gasteiger partial charge in [0.2, 0.25) is 5.95 Å². The molecule has 1 heterocycles. The van der Waals surface area contributed by atoms with Gasteiger partial charge in [-0.25, -0.2) is 14.5 Å². The molecule has 0 spiro atoms. The Morgan fingerprint density at radius 1 is 0.814 bits per heavy atom. The summed E-state index contributed by atoms with van der Waals surface area (Å²) in [4.78, 5) is 18.1. The molecule has 1 amide bonds. The van der Waals surface area contributed by atoms with E-state index in [1.165, 1.54) is 96.2 Å². The number of rotatable bonds is 30. The van der Waals surface area contributed by atoms with E-state index in [0.717, 1.165) is 58.0 Å². The van der Waals surface area contributed by atoms with Crippen molar-refractivity contribution in [3.8, 4) is 0 Å². The van der Waals surface area contributed by atoms with Gasteiger partial charge < -0.3 is 24.8 Å². The summed E-state index contributed by atoms with van der Waals surface area (Å²) >= 11 is 0. The Hall–Kier alpha value is -1.87. The number of carbonyl (C=O) groups is 1. The van der Waals surface area contributed by atoms with Crippen molar-refractivity contribution < 1.29 is 19.0 Å². The highest BCUT2D eigenvalue weighted by atomic mass is 16.6. The highest BCUT2D eigenvalue weighted by molar-refractivity contribution is 5.67. The summed E-state index contributed by atoms with van der Waals surface area (Å²) in [5.74, 6) is 0.474. The smallest absolute Gasteiger partial charge is 0.409 e. The fraction of sp³-hybridized carbons (Fsp3) is 0.912. The van der Waals surface area contributed by atoms with Crippen LogP contribution >= 0.6 is 0 Å². The second kappa shape index (κ2) is 26.5. The maximum Gasteiger partial charge on any atom is 0.409 e. The van der Waals surface area contributed by atoms with Crippen molar-refractivity contribution in [1.82, 2.24) is 19.7 Å². The number of carbonyl (C=O) groups excluding carboxylic acids is 1. The molecular formula is C34H67N5O4. The number of hydrogen-bond donors (Lipinski definition) is 1. The molecule has 0 aliphatic heterocycles. The molecule has 9 nitrogen and oxygen atoms in total. The average Bonchev–Trinajstić information content (AvgIpc) is 3.42. The Kier molecular flexibility index (Phi) is 24.2. The van der Waals surface area contributed by atoms with Gasteiger partial charge in [0.05, 0.1) is 6.61 Å². The van der Waals surface area contributed by atoms with E-state index >= 15 is 0 Å². The second-order valence-corrected chi connectivity index (χ2v) is 12.6. The number of nitrogens with two attached hydrogens (primary N) is 1. The summed E-state index contributed by atoms with van der Waals surface area (Å²) in [6, 6.07) is 0. The van der Waals surface area contributed by atoms with Gasteiger partial charge in [-0.2, -0.15) is 5.10 Å². The van der Waals surface area contributed by atoms with Crippen molar-refractivity contribution in [3.05, 3.63) is 6.33 Å². The van der Waals surface area contributed by atoms with E-state index in [9.17, 15) is 4.79 Å². The van der Waals surface area contributed by atoms with Gasteiger partial charge in [0.15, 0.2) is 0 Å². The lowest BCUT2D eigenvalue weighted by molar-refractivity contribution is -0.0956. The maximum atomic E-state index is 12.5. The van der Waals surface area contributed by atoms with Crippen LogP contribution in [0, 0.1) is 0 Å². The number of aryl methyl sites for hydroxylation is 1. The molecule has 1 atom stereocenters. The monoisotopic (exact) mass is 610 g/mol. The van der Waals surface area contributed by atoms with Crippen molar-refractivity contribution in [2.24, 2.45) is 0 Å². The molecule has 1 unspecified atom stereocenters. The Morgan fingerprint density at radius 2 is 1.33 bits per heavy atom. The molecule has 0 aromatic carbocycles. The first-order valence-electron chi connectivity index (χ1n) is 17.6. The Balaban J connectivity index is 1.94. The van der Waals surface area contributed by atoms with Crippen LogP contribution in [0.1, 0.15) is 149 Å². The molecule has 1 rings (SSSR count). The molecule has 0 bridgehead atoms. The maximum absolute atomic E-state index is 12.5. The largest absolute Gasteiger partial charge is 0.446 e. The minimum atomic E-state index is -0.650. The van der Waals surface area contributed by atoms with Crippen molar-refractivity contribution >= 4 is 12.0 Å². The van der Waals surface area contributed by atoms with Gasteiger partial charge in [-0.15, -0.1) is 0 Å². The predicted octanol–water partition coefficient (Wildman–Crippen LogP) is 8.56. The lowest BCUT2D eigenvalue weighted by Gasteiger charge is -2.28. The molecule has 9 heteroatoms. The molecular weight excluding hydrogens is 542 g/mol. The van der Waals surface area contributed by atoms with Crippen molar-refractivity contribution in [2.45, 2.75) is 161 Å². The highest BCUT2D eigenvalue weighted by Gasteiger charge is 2.27. The molecule has 0 aliphatic carbocycles. The second-order valence-electron chi connectivity index (χ2n) is 12.6. The first-order chi connectivity index (χ1) is 20.9. The molecule has 0 radical (unpaired) electrons. The van der Waals surface area contributed by atoms with E-state index in [1.807, 2.05) is 14.0 Å². The SMILES string of the molecule is CCCCCCCCCCCCCCCCCCN(C)C(=O)OCC(C)(COCCCCCCCn1ncnc1N)OC. The lowest BCUT2D eigenvalue weighted by Crippen LogP contribution is -2.41. The minimum absolute atomic E-state index is 0.178. The van der Waals surface area contributed by atoms with E-state index < -0.39 is 5.60 Å². The van der Waals surface area contributed by atoms with E-state index in [4.69, 9.17) is 19.9 Å².